The molecule has 1 saturated heterocycles. The normalized spacial score (nSPS) is 21.1. The molecule has 1 fully saturated rings. The van der Waals surface area contributed by atoms with Crippen molar-refractivity contribution in [3.8, 4) is 0 Å². The average molecular weight is 343 g/mol. The molecule has 1 aromatic carbocycles. The molecule has 2 unspecified atom stereocenters. The SMILES string of the molecule is CN(C)C(CNC(=O)NC1CCS(=O)(=O)C1)c1cccc(F)c1. The predicted octanol–water partition coefficient (Wildman–Crippen LogP) is 0.915. The molecule has 0 aliphatic carbocycles. The third-order valence-corrected chi connectivity index (χ3v) is 5.65. The van der Waals surface area contributed by atoms with Crippen molar-refractivity contribution in [1.82, 2.24) is 15.5 Å². The first-order valence-corrected chi connectivity index (χ1v) is 9.25. The Labute approximate surface area is 136 Å². The van der Waals surface area contributed by atoms with Crippen molar-refractivity contribution in [3.63, 3.8) is 0 Å². The second-order valence-electron chi connectivity index (χ2n) is 5.99. The van der Waals surface area contributed by atoms with E-state index in [1.165, 1.54) is 12.1 Å². The highest BCUT2D eigenvalue weighted by Crippen LogP contribution is 2.18. The molecule has 1 aromatic rings. The van der Waals surface area contributed by atoms with Crippen LogP contribution in [-0.2, 0) is 9.84 Å². The number of likely N-dealkylation sites (N-methyl/N-ethyl adjacent to an activating group) is 1. The molecule has 0 aromatic heterocycles. The van der Waals surface area contributed by atoms with Gasteiger partial charge in [-0.25, -0.2) is 17.6 Å². The van der Waals surface area contributed by atoms with Crippen molar-refractivity contribution >= 4 is 15.9 Å². The third-order valence-electron chi connectivity index (χ3n) is 3.88. The molecule has 1 aliphatic heterocycles. The van der Waals surface area contributed by atoms with Crippen molar-refractivity contribution in [1.29, 1.82) is 0 Å². The molecule has 0 spiro atoms. The van der Waals surface area contributed by atoms with Gasteiger partial charge in [-0.15, -0.1) is 0 Å². The molecule has 8 heteroatoms. The minimum atomic E-state index is -3.03. The van der Waals surface area contributed by atoms with E-state index in [0.29, 0.717) is 13.0 Å². The van der Waals surface area contributed by atoms with Crippen LogP contribution in [0.3, 0.4) is 0 Å². The van der Waals surface area contributed by atoms with Crippen LogP contribution in [0.5, 0.6) is 0 Å². The summed E-state index contributed by atoms with van der Waals surface area (Å²) in [6.45, 7) is 0.293. The van der Waals surface area contributed by atoms with E-state index in [4.69, 9.17) is 0 Å². The van der Waals surface area contributed by atoms with Gasteiger partial charge in [0, 0.05) is 12.6 Å². The van der Waals surface area contributed by atoms with Crippen LogP contribution in [0, 0.1) is 5.82 Å². The zero-order chi connectivity index (χ0) is 17.0. The molecule has 1 heterocycles. The molecule has 0 bridgehead atoms. The second-order valence-corrected chi connectivity index (χ2v) is 8.22. The van der Waals surface area contributed by atoms with Gasteiger partial charge < -0.3 is 15.5 Å². The molecule has 0 saturated carbocycles. The van der Waals surface area contributed by atoms with Crippen LogP contribution in [-0.4, -0.2) is 57.5 Å². The second kappa shape index (κ2) is 7.27. The summed E-state index contributed by atoms with van der Waals surface area (Å²) in [6.07, 6.45) is 0.441. The Balaban J connectivity index is 1.90. The van der Waals surface area contributed by atoms with E-state index in [2.05, 4.69) is 10.6 Å². The Bertz CT molecular complexity index is 664. The lowest BCUT2D eigenvalue weighted by Gasteiger charge is -2.25. The molecular weight excluding hydrogens is 321 g/mol. The van der Waals surface area contributed by atoms with Crippen LogP contribution in [0.4, 0.5) is 9.18 Å². The maximum absolute atomic E-state index is 13.4. The fourth-order valence-corrected chi connectivity index (χ4v) is 4.32. The molecular formula is C15H22FN3O3S. The van der Waals surface area contributed by atoms with Crippen molar-refractivity contribution < 1.29 is 17.6 Å². The van der Waals surface area contributed by atoms with E-state index >= 15 is 0 Å². The number of nitrogens with one attached hydrogen (secondary N) is 2. The van der Waals surface area contributed by atoms with E-state index < -0.39 is 15.9 Å². The van der Waals surface area contributed by atoms with Gasteiger partial charge in [-0.2, -0.15) is 0 Å². The number of sulfone groups is 1. The zero-order valence-corrected chi connectivity index (χ0v) is 14.1. The summed E-state index contributed by atoms with van der Waals surface area (Å²) >= 11 is 0. The molecule has 0 radical (unpaired) electrons. The van der Waals surface area contributed by atoms with Gasteiger partial charge in [0.25, 0.3) is 0 Å². The van der Waals surface area contributed by atoms with Gasteiger partial charge in [0.2, 0.25) is 0 Å². The number of urea groups is 1. The van der Waals surface area contributed by atoms with Crippen molar-refractivity contribution in [2.45, 2.75) is 18.5 Å². The van der Waals surface area contributed by atoms with Gasteiger partial charge in [0.1, 0.15) is 5.82 Å². The summed E-state index contributed by atoms with van der Waals surface area (Å²) in [7, 11) is 0.666. The topological polar surface area (TPSA) is 78.5 Å². The quantitative estimate of drug-likeness (QED) is 0.833. The molecule has 6 nitrogen and oxygen atoms in total. The van der Waals surface area contributed by atoms with E-state index in [0.717, 1.165) is 5.56 Å². The summed E-state index contributed by atoms with van der Waals surface area (Å²) in [5.74, 6) is -0.224. The number of rotatable bonds is 5. The van der Waals surface area contributed by atoms with Gasteiger partial charge >= 0.3 is 6.03 Å². The fraction of sp³-hybridized carbons (Fsp3) is 0.533. The van der Waals surface area contributed by atoms with Crippen LogP contribution in [0.1, 0.15) is 18.0 Å². The fourth-order valence-electron chi connectivity index (χ4n) is 2.65. The number of hydrogen-bond donors (Lipinski definition) is 2. The molecule has 2 amide bonds. The number of benzene rings is 1. The number of carbonyl (C=O) groups is 1. The van der Waals surface area contributed by atoms with Crippen molar-refractivity contribution in [2.75, 3.05) is 32.1 Å². The van der Waals surface area contributed by atoms with Crippen LogP contribution in [0.25, 0.3) is 0 Å². The standard InChI is InChI=1S/C15H22FN3O3S/c1-19(2)14(11-4-3-5-12(16)8-11)9-17-15(20)18-13-6-7-23(21,22)10-13/h3-5,8,13-14H,6-7,9-10H2,1-2H3,(H2,17,18,20). The lowest BCUT2D eigenvalue weighted by molar-refractivity contribution is 0.230. The van der Waals surface area contributed by atoms with Gasteiger partial charge in [-0.05, 0) is 38.2 Å². The highest BCUT2D eigenvalue weighted by molar-refractivity contribution is 7.91. The summed E-state index contributed by atoms with van der Waals surface area (Å²) in [6, 6.07) is 5.32. The predicted molar refractivity (Wildman–Crippen MR) is 86.4 cm³/mol. The summed E-state index contributed by atoms with van der Waals surface area (Å²) in [4.78, 5) is 13.8. The first kappa shape index (κ1) is 17.7. The summed E-state index contributed by atoms with van der Waals surface area (Å²) in [5.41, 5.74) is 0.763. The van der Waals surface area contributed by atoms with Crippen LogP contribution >= 0.6 is 0 Å². The molecule has 2 rings (SSSR count). The Morgan fingerprint density at radius 1 is 1.43 bits per heavy atom. The largest absolute Gasteiger partial charge is 0.336 e. The smallest absolute Gasteiger partial charge is 0.315 e. The maximum atomic E-state index is 13.4. The van der Waals surface area contributed by atoms with E-state index in [-0.39, 0.29) is 29.4 Å². The number of nitrogens with zero attached hydrogens (tertiary/aromatic N) is 1. The Morgan fingerprint density at radius 2 is 2.17 bits per heavy atom. The van der Waals surface area contributed by atoms with E-state index in [1.54, 1.807) is 12.1 Å². The lowest BCUT2D eigenvalue weighted by atomic mass is 10.1. The molecule has 2 N–H and O–H groups in total. The first-order chi connectivity index (χ1) is 10.8. The van der Waals surface area contributed by atoms with Crippen molar-refractivity contribution in [2.24, 2.45) is 0 Å². The number of amides is 2. The lowest BCUT2D eigenvalue weighted by Crippen LogP contribution is -2.45. The molecule has 2 atom stereocenters. The molecule has 128 valence electrons. The minimum Gasteiger partial charge on any atom is -0.336 e. The van der Waals surface area contributed by atoms with E-state index in [9.17, 15) is 17.6 Å². The van der Waals surface area contributed by atoms with Gasteiger partial charge in [0.15, 0.2) is 9.84 Å². The number of halogens is 1. The van der Waals surface area contributed by atoms with Crippen LogP contribution in [0.2, 0.25) is 0 Å². The van der Waals surface area contributed by atoms with Crippen molar-refractivity contribution in [3.05, 3.63) is 35.6 Å². The van der Waals surface area contributed by atoms with Gasteiger partial charge in [-0.3, -0.25) is 0 Å². The third kappa shape index (κ3) is 5.18. The number of carbonyl (C=O) groups excluding carboxylic acids is 1. The Hall–Kier alpha value is -1.67. The van der Waals surface area contributed by atoms with Crippen LogP contribution < -0.4 is 10.6 Å². The Kier molecular flexibility index (Phi) is 5.59. The zero-order valence-electron chi connectivity index (χ0n) is 13.3. The number of hydrogen-bond acceptors (Lipinski definition) is 4. The minimum absolute atomic E-state index is 0.0125. The Morgan fingerprint density at radius 3 is 2.74 bits per heavy atom. The van der Waals surface area contributed by atoms with Gasteiger partial charge in [0.05, 0.1) is 17.5 Å². The highest BCUT2D eigenvalue weighted by atomic mass is 32.2. The summed E-state index contributed by atoms with van der Waals surface area (Å²) < 4.78 is 36.1. The monoisotopic (exact) mass is 343 g/mol. The first-order valence-electron chi connectivity index (χ1n) is 7.43. The van der Waals surface area contributed by atoms with E-state index in [1.807, 2.05) is 19.0 Å². The average Bonchev–Trinajstić information content (AvgIpc) is 2.77. The molecule has 1 aliphatic rings. The highest BCUT2D eigenvalue weighted by Gasteiger charge is 2.29. The van der Waals surface area contributed by atoms with Gasteiger partial charge in [-0.1, -0.05) is 12.1 Å². The maximum Gasteiger partial charge on any atom is 0.315 e. The summed E-state index contributed by atoms with van der Waals surface area (Å²) in [5, 5.41) is 5.40. The van der Waals surface area contributed by atoms with Crippen LogP contribution in [0.15, 0.2) is 24.3 Å². The molecule has 23 heavy (non-hydrogen) atoms.